The Labute approximate surface area is 146 Å². The van der Waals surface area contributed by atoms with Crippen LogP contribution in [0.15, 0.2) is 48.8 Å². The summed E-state index contributed by atoms with van der Waals surface area (Å²) in [6, 6.07) is 11.0. The molecule has 0 aliphatic carbocycles. The third-order valence-electron chi connectivity index (χ3n) is 4.32. The van der Waals surface area contributed by atoms with Crippen molar-refractivity contribution in [2.75, 3.05) is 20.2 Å². The zero-order valence-corrected chi connectivity index (χ0v) is 14.1. The van der Waals surface area contributed by atoms with E-state index in [9.17, 15) is 9.59 Å². The monoisotopic (exact) mass is 339 g/mol. The number of hydrogen-bond donors (Lipinski definition) is 1. The summed E-state index contributed by atoms with van der Waals surface area (Å²) < 4.78 is 5.14. The van der Waals surface area contributed by atoms with Crippen molar-refractivity contribution >= 4 is 11.8 Å². The number of likely N-dealkylation sites (tertiary alicyclic amines) is 1. The first kappa shape index (κ1) is 17.0. The molecule has 2 amide bonds. The first-order chi connectivity index (χ1) is 12.2. The Balaban J connectivity index is 1.51. The van der Waals surface area contributed by atoms with E-state index < -0.39 is 0 Å². The number of pyridine rings is 1. The van der Waals surface area contributed by atoms with E-state index in [4.69, 9.17) is 4.74 Å². The maximum absolute atomic E-state index is 12.2. The summed E-state index contributed by atoms with van der Waals surface area (Å²) in [5.41, 5.74) is 1.71. The van der Waals surface area contributed by atoms with E-state index in [1.807, 2.05) is 29.2 Å². The summed E-state index contributed by atoms with van der Waals surface area (Å²) in [7, 11) is 1.64. The minimum Gasteiger partial charge on any atom is -0.497 e. The molecule has 2 aromatic rings. The van der Waals surface area contributed by atoms with Crippen LogP contribution in [0.2, 0.25) is 0 Å². The Morgan fingerprint density at radius 1 is 1.24 bits per heavy atom. The standard InChI is InChI=1S/C19H21N3O3/c1-25-17-4-2-14(3-5-17)8-11-22-13-16(12-18(22)23)21-19(24)15-6-9-20-10-7-15/h2-7,9-10,16H,8,11-13H2,1H3,(H,21,24). The van der Waals surface area contributed by atoms with Gasteiger partial charge in [-0.3, -0.25) is 14.6 Å². The number of benzene rings is 1. The zero-order valence-electron chi connectivity index (χ0n) is 14.1. The molecule has 25 heavy (non-hydrogen) atoms. The molecule has 6 nitrogen and oxygen atoms in total. The molecule has 2 heterocycles. The Morgan fingerprint density at radius 2 is 1.96 bits per heavy atom. The summed E-state index contributed by atoms with van der Waals surface area (Å²) in [6.45, 7) is 1.19. The normalized spacial score (nSPS) is 16.8. The summed E-state index contributed by atoms with van der Waals surface area (Å²) in [6.07, 6.45) is 4.28. The van der Waals surface area contributed by atoms with Gasteiger partial charge in [-0.15, -0.1) is 0 Å². The van der Waals surface area contributed by atoms with E-state index in [0.29, 0.717) is 25.1 Å². The third-order valence-corrected chi connectivity index (χ3v) is 4.32. The van der Waals surface area contributed by atoms with Crippen LogP contribution < -0.4 is 10.1 Å². The largest absolute Gasteiger partial charge is 0.497 e. The molecule has 1 unspecified atom stereocenters. The van der Waals surface area contributed by atoms with E-state index in [0.717, 1.165) is 17.7 Å². The van der Waals surface area contributed by atoms with E-state index in [1.54, 1.807) is 31.6 Å². The number of carbonyl (C=O) groups excluding carboxylic acids is 2. The van der Waals surface area contributed by atoms with Crippen molar-refractivity contribution in [1.82, 2.24) is 15.2 Å². The van der Waals surface area contributed by atoms with Gasteiger partial charge in [0, 0.05) is 37.5 Å². The Bertz CT molecular complexity index is 731. The van der Waals surface area contributed by atoms with Gasteiger partial charge < -0.3 is 15.0 Å². The van der Waals surface area contributed by atoms with Crippen molar-refractivity contribution < 1.29 is 14.3 Å². The highest BCUT2D eigenvalue weighted by molar-refractivity contribution is 5.94. The Morgan fingerprint density at radius 3 is 2.64 bits per heavy atom. The topological polar surface area (TPSA) is 71.5 Å². The van der Waals surface area contributed by atoms with Gasteiger partial charge in [-0.1, -0.05) is 12.1 Å². The highest BCUT2D eigenvalue weighted by Gasteiger charge is 2.30. The van der Waals surface area contributed by atoms with Crippen LogP contribution in [0.4, 0.5) is 0 Å². The fourth-order valence-electron chi connectivity index (χ4n) is 2.91. The van der Waals surface area contributed by atoms with Gasteiger partial charge >= 0.3 is 0 Å². The van der Waals surface area contributed by atoms with Crippen LogP contribution in [-0.2, 0) is 11.2 Å². The molecule has 1 aromatic carbocycles. The van der Waals surface area contributed by atoms with E-state index in [1.165, 1.54) is 0 Å². The number of hydrogen-bond acceptors (Lipinski definition) is 4. The molecule has 0 bridgehead atoms. The first-order valence-corrected chi connectivity index (χ1v) is 8.27. The summed E-state index contributed by atoms with van der Waals surface area (Å²) in [4.78, 5) is 30.0. The molecule has 1 aliphatic rings. The van der Waals surface area contributed by atoms with Crippen LogP contribution in [-0.4, -0.2) is 47.9 Å². The second-order valence-corrected chi connectivity index (χ2v) is 6.05. The van der Waals surface area contributed by atoms with Crippen molar-refractivity contribution in [3.8, 4) is 5.75 Å². The minimum atomic E-state index is -0.169. The highest BCUT2D eigenvalue weighted by Crippen LogP contribution is 2.15. The van der Waals surface area contributed by atoms with E-state index >= 15 is 0 Å². The lowest BCUT2D eigenvalue weighted by atomic mass is 10.1. The lowest BCUT2D eigenvalue weighted by Crippen LogP contribution is -2.37. The van der Waals surface area contributed by atoms with Crippen molar-refractivity contribution in [3.63, 3.8) is 0 Å². The number of ether oxygens (including phenoxy) is 1. The molecular weight excluding hydrogens is 318 g/mol. The molecule has 1 saturated heterocycles. The quantitative estimate of drug-likeness (QED) is 0.869. The van der Waals surface area contributed by atoms with Gasteiger partial charge in [-0.25, -0.2) is 0 Å². The molecule has 1 fully saturated rings. The molecule has 0 saturated carbocycles. The van der Waals surface area contributed by atoms with Crippen molar-refractivity contribution in [1.29, 1.82) is 0 Å². The fraction of sp³-hybridized carbons (Fsp3) is 0.316. The average molecular weight is 339 g/mol. The van der Waals surface area contributed by atoms with Gasteiger partial charge in [0.1, 0.15) is 5.75 Å². The number of carbonyl (C=O) groups is 2. The third kappa shape index (κ3) is 4.35. The zero-order chi connectivity index (χ0) is 17.6. The minimum absolute atomic E-state index is 0.0774. The second kappa shape index (κ2) is 7.79. The molecule has 130 valence electrons. The molecule has 3 rings (SSSR count). The van der Waals surface area contributed by atoms with E-state index in [-0.39, 0.29) is 17.9 Å². The molecular formula is C19H21N3O3. The molecule has 6 heteroatoms. The molecule has 0 spiro atoms. The first-order valence-electron chi connectivity index (χ1n) is 8.27. The Kier molecular flexibility index (Phi) is 5.28. The van der Waals surface area contributed by atoms with Gasteiger partial charge in [0.2, 0.25) is 5.91 Å². The number of rotatable bonds is 6. The number of nitrogens with zero attached hydrogens (tertiary/aromatic N) is 2. The summed E-state index contributed by atoms with van der Waals surface area (Å²) in [5, 5.41) is 2.92. The van der Waals surface area contributed by atoms with Gasteiger partial charge in [0.05, 0.1) is 13.2 Å². The number of aromatic nitrogens is 1. The number of nitrogens with one attached hydrogen (secondary N) is 1. The summed E-state index contributed by atoms with van der Waals surface area (Å²) >= 11 is 0. The number of amides is 2. The maximum Gasteiger partial charge on any atom is 0.251 e. The van der Waals surface area contributed by atoms with Gasteiger partial charge in [-0.05, 0) is 36.2 Å². The molecule has 1 atom stereocenters. The smallest absolute Gasteiger partial charge is 0.251 e. The van der Waals surface area contributed by atoms with Crippen LogP contribution in [0.1, 0.15) is 22.3 Å². The number of methoxy groups -OCH3 is 1. The Hall–Kier alpha value is -2.89. The van der Waals surface area contributed by atoms with E-state index in [2.05, 4.69) is 10.3 Å². The molecule has 1 N–H and O–H groups in total. The highest BCUT2D eigenvalue weighted by atomic mass is 16.5. The summed E-state index contributed by atoms with van der Waals surface area (Å²) in [5.74, 6) is 0.727. The SMILES string of the molecule is COc1ccc(CCN2CC(NC(=O)c3ccncc3)CC2=O)cc1. The lowest BCUT2D eigenvalue weighted by molar-refractivity contribution is -0.127. The van der Waals surface area contributed by atoms with Crippen molar-refractivity contribution in [2.24, 2.45) is 0 Å². The fourth-order valence-corrected chi connectivity index (χ4v) is 2.91. The van der Waals surface area contributed by atoms with Crippen molar-refractivity contribution in [2.45, 2.75) is 18.9 Å². The van der Waals surface area contributed by atoms with Crippen LogP contribution in [0, 0.1) is 0 Å². The molecule has 1 aliphatic heterocycles. The van der Waals surface area contributed by atoms with Gasteiger partial charge in [0.25, 0.3) is 5.91 Å². The molecule has 0 radical (unpaired) electrons. The lowest BCUT2D eigenvalue weighted by Gasteiger charge is -2.17. The van der Waals surface area contributed by atoms with Crippen LogP contribution in [0.5, 0.6) is 5.75 Å². The van der Waals surface area contributed by atoms with Crippen LogP contribution in [0.3, 0.4) is 0 Å². The van der Waals surface area contributed by atoms with Gasteiger partial charge in [-0.2, -0.15) is 0 Å². The van der Waals surface area contributed by atoms with Gasteiger partial charge in [0.15, 0.2) is 0 Å². The predicted octanol–water partition coefficient (Wildman–Crippen LogP) is 1.66. The van der Waals surface area contributed by atoms with Crippen molar-refractivity contribution in [3.05, 3.63) is 59.9 Å². The van der Waals surface area contributed by atoms with Crippen LogP contribution >= 0.6 is 0 Å². The second-order valence-electron chi connectivity index (χ2n) is 6.05. The van der Waals surface area contributed by atoms with Crippen LogP contribution in [0.25, 0.3) is 0 Å². The molecule has 1 aromatic heterocycles. The maximum atomic E-state index is 12.2. The predicted molar refractivity (Wildman–Crippen MR) is 93.4 cm³/mol. The average Bonchev–Trinajstić information content (AvgIpc) is 3.00.